The molecule has 1 heterocycles. The van der Waals surface area contributed by atoms with Gasteiger partial charge in [0, 0.05) is 13.2 Å². The molecule has 1 aromatic carbocycles. The Labute approximate surface area is 116 Å². The van der Waals surface area contributed by atoms with E-state index in [4.69, 9.17) is 5.11 Å². The number of imidazole rings is 1. The smallest absolute Gasteiger partial charge is 0.337 e. The zero-order valence-corrected chi connectivity index (χ0v) is 11.5. The zero-order chi connectivity index (χ0) is 14.3. The van der Waals surface area contributed by atoms with Gasteiger partial charge in [-0.05, 0) is 43.7 Å². The number of carbonyl (C=O) groups is 1. The second-order valence-electron chi connectivity index (χ2n) is 5.70. The van der Waals surface area contributed by atoms with E-state index in [1.165, 1.54) is 0 Å². The number of aliphatic hydroxyl groups excluding tert-OH is 1. The van der Waals surface area contributed by atoms with Crippen molar-refractivity contribution in [3.05, 3.63) is 29.6 Å². The predicted molar refractivity (Wildman–Crippen MR) is 74.8 cm³/mol. The number of aryl methyl sites for hydroxylation is 1. The van der Waals surface area contributed by atoms with Gasteiger partial charge in [0.05, 0.1) is 11.1 Å². The number of nitrogens with zero attached hydrogens (tertiary/aromatic N) is 2. The van der Waals surface area contributed by atoms with Crippen LogP contribution in [0.15, 0.2) is 18.2 Å². The van der Waals surface area contributed by atoms with Crippen molar-refractivity contribution in [2.45, 2.75) is 32.7 Å². The summed E-state index contributed by atoms with van der Waals surface area (Å²) in [6.45, 7) is 2.91. The molecule has 1 saturated carbocycles. The maximum atomic E-state index is 11.3. The molecular weight excluding hydrogens is 256 g/mol. The van der Waals surface area contributed by atoms with Gasteiger partial charge in [0.25, 0.3) is 0 Å². The fourth-order valence-electron chi connectivity index (χ4n) is 2.87. The van der Waals surface area contributed by atoms with Crippen LogP contribution in [-0.2, 0) is 6.54 Å². The van der Waals surface area contributed by atoms with E-state index in [9.17, 15) is 9.90 Å². The highest BCUT2D eigenvalue weighted by atomic mass is 16.4. The molecule has 1 aliphatic carbocycles. The van der Waals surface area contributed by atoms with Crippen LogP contribution in [0.2, 0.25) is 0 Å². The summed E-state index contributed by atoms with van der Waals surface area (Å²) in [7, 11) is 0. The molecule has 0 spiro atoms. The summed E-state index contributed by atoms with van der Waals surface area (Å²) in [5.74, 6) is -0.116. The lowest BCUT2D eigenvalue weighted by atomic mass is 10.0. The van der Waals surface area contributed by atoms with E-state index in [2.05, 4.69) is 9.55 Å². The van der Waals surface area contributed by atoms with Crippen molar-refractivity contribution in [3.63, 3.8) is 0 Å². The SMILES string of the molecule is Cc1nc2c(C(=O)O)cccc2n1CC1(CCO)CC1. The van der Waals surface area contributed by atoms with Crippen LogP contribution in [0.25, 0.3) is 11.0 Å². The quantitative estimate of drug-likeness (QED) is 0.876. The Morgan fingerprint density at radius 1 is 1.45 bits per heavy atom. The summed E-state index contributed by atoms with van der Waals surface area (Å²) < 4.78 is 2.09. The van der Waals surface area contributed by atoms with Gasteiger partial charge < -0.3 is 14.8 Å². The Balaban J connectivity index is 2.06. The van der Waals surface area contributed by atoms with Crippen molar-refractivity contribution in [1.82, 2.24) is 9.55 Å². The molecule has 1 aromatic heterocycles. The number of hydrogen-bond donors (Lipinski definition) is 2. The number of rotatable bonds is 5. The van der Waals surface area contributed by atoms with Crippen molar-refractivity contribution in [1.29, 1.82) is 0 Å². The van der Waals surface area contributed by atoms with Crippen molar-refractivity contribution in [2.75, 3.05) is 6.61 Å². The maximum Gasteiger partial charge on any atom is 0.337 e. The third kappa shape index (κ3) is 2.08. The van der Waals surface area contributed by atoms with Crippen LogP contribution in [0.4, 0.5) is 0 Å². The third-order valence-corrected chi connectivity index (χ3v) is 4.29. The number of carboxylic acid groups (broad SMARTS) is 1. The Hall–Kier alpha value is -1.88. The van der Waals surface area contributed by atoms with Gasteiger partial charge in [0.1, 0.15) is 11.3 Å². The molecule has 0 radical (unpaired) electrons. The Morgan fingerprint density at radius 2 is 2.20 bits per heavy atom. The van der Waals surface area contributed by atoms with E-state index >= 15 is 0 Å². The summed E-state index contributed by atoms with van der Waals surface area (Å²) in [5.41, 5.74) is 1.84. The Morgan fingerprint density at radius 3 is 2.80 bits per heavy atom. The number of benzene rings is 1. The van der Waals surface area contributed by atoms with E-state index in [0.29, 0.717) is 5.52 Å². The molecule has 0 aliphatic heterocycles. The van der Waals surface area contributed by atoms with Gasteiger partial charge in [0.15, 0.2) is 0 Å². The molecule has 1 fully saturated rings. The second kappa shape index (κ2) is 4.59. The predicted octanol–water partition coefficient (Wildman–Crippen LogP) is 2.21. The monoisotopic (exact) mass is 274 g/mol. The topological polar surface area (TPSA) is 75.3 Å². The number of hydrogen-bond acceptors (Lipinski definition) is 3. The molecule has 5 heteroatoms. The number of aromatic carboxylic acids is 1. The maximum absolute atomic E-state index is 11.3. The number of fused-ring (bicyclic) bond motifs is 1. The number of aromatic nitrogens is 2. The molecule has 1 aliphatic rings. The lowest BCUT2D eigenvalue weighted by molar-refractivity contribution is 0.0699. The summed E-state index contributed by atoms with van der Waals surface area (Å²) >= 11 is 0. The summed E-state index contributed by atoms with van der Waals surface area (Å²) in [5, 5.41) is 18.4. The third-order valence-electron chi connectivity index (χ3n) is 4.29. The molecule has 5 nitrogen and oxygen atoms in total. The molecule has 2 N–H and O–H groups in total. The van der Waals surface area contributed by atoms with E-state index < -0.39 is 5.97 Å². The molecule has 0 unspecified atom stereocenters. The van der Waals surface area contributed by atoms with Crippen molar-refractivity contribution in [3.8, 4) is 0 Å². The molecule has 0 saturated heterocycles. The largest absolute Gasteiger partial charge is 0.478 e. The van der Waals surface area contributed by atoms with E-state index in [-0.39, 0.29) is 17.6 Å². The van der Waals surface area contributed by atoms with Gasteiger partial charge in [-0.1, -0.05) is 6.07 Å². The fraction of sp³-hybridized carbons (Fsp3) is 0.467. The zero-order valence-electron chi connectivity index (χ0n) is 11.5. The normalized spacial score (nSPS) is 16.5. The molecular formula is C15H18N2O3. The first-order valence-electron chi connectivity index (χ1n) is 6.86. The average Bonchev–Trinajstić information content (AvgIpc) is 3.09. The van der Waals surface area contributed by atoms with E-state index in [1.54, 1.807) is 12.1 Å². The number of aliphatic hydroxyl groups is 1. The molecule has 0 atom stereocenters. The second-order valence-corrected chi connectivity index (χ2v) is 5.70. The first kappa shape index (κ1) is 13.1. The van der Waals surface area contributed by atoms with Gasteiger partial charge in [-0.2, -0.15) is 0 Å². The van der Waals surface area contributed by atoms with Crippen LogP contribution in [0.5, 0.6) is 0 Å². The van der Waals surface area contributed by atoms with Gasteiger partial charge in [-0.25, -0.2) is 9.78 Å². The molecule has 3 rings (SSSR count). The standard InChI is InChI=1S/C15H18N2O3/c1-10-16-13-11(14(19)20)3-2-4-12(13)17(10)9-15(5-6-15)7-8-18/h2-4,18H,5-9H2,1H3,(H,19,20). The number of para-hydroxylation sites is 1. The minimum Gasteiger partial charge on any atom is -0.478 e. The van der Waals surface area contributed by atoms with Crippen LogP contribution < -0.4 is 0 Å². The minimum atomic E-state index is -0.947. The van der Waals surface area contributed by atoms with Crippen LogP contribution in [0.1, 0.15) is 35.4 Å². The first-order valence-corrected chi connectivity index (χ1v) is 6.86. The average molecular weight is 274 g/mol. The van der Waals surface area contributed by atoms with E-state index in [1.807, 2.05) is 13.0 Å². The van der Waals surface area contributed by atoms with Gasteiger partial charge >= 0.3 is 5.97 Å². The highest BCUT2D eigenvalue weighted by molar-refractivity contribution is 6.01. The lowest BCUT2D eigenvalue weighted by Gasteiger charge is -2.16. The Bertz CT molecular complexity index is 671. The van der Waals surface area contributed by atoms with Gasteiger partial charge in [-0.3, -0.25) is 0 Å². The molecule has 0 amide bonds. The van der Waals surface area contributed by atoms with Crippen LogP contribution in [0, 0.1) is 12.3 Å². The summed E-state index contributed by atoms with van der Waals surface area (Å²) in [6, 6.07) is 5.26. The lowest BCUT2D eigenvalue weighted by Crippen LogP contribution is -2.14. The van der Waals surface area contributed by atoms with Crippen molar-refractivity contribution >= 4 is 17.0 Å². The van der Waals surface area contributed by atoms with Crippen molar-refractivity contribution < 1.29 is 15.0 Å². The molecule has 0 bridgehead atoms. The van der Waals surface area contributed by atoms with Crippen LogP contribution in [-0.4, -0.2) is 32.3 Å². The van der Waals surface area contributed by atoms with Gasteiger partial charge in [0.2, 0.25) is 0 Å². The van der Waals surface area contributed by atoms with Crippen LogP contribution >= 0.6 is 0 Å². The molecule has 106 valence electrons. The number of carboxylic acids is 1. The minimum absolute atomic E-state index is 0.173. The van der Waals surface area contributed by atoms with E-state index in [0.717, 1.165) is 37.1 Å². The highest BCUT2D eigenvalue weighted by Crippen LogP contribution is 2.50. The molecule has 2 aromatic rings. The van der Waals surface area contributed by atoms with Crippen LogP contribution in [0.3, 0.4) is 0 Å². The summed E-state index contributed by atoms with van der Waals surface area (Å²) in [4.78, 5) is 15.7. The molecule has 20 heavy (non-hydrogen) atoms. The fourth-order valence-corrected chi connectivity index (χ4v) is 2.87. The Kier molecular flexibility index (Phi) is 3.01. The summed E-state index contributed by atoms with van der Waals surface area (Å²) in [6.07, 6.45) is 3.03. The highest BCUT2D eigenvalue weighted by Gasteiger charge is 2.42. The van der Waals surface area contributed by atoms with Gasteiger partial charge in [-0.15, -0.1) is 0 Å². The first-order chi connectivity index (χ1) is 9.56. The van der Waals surface area contributed by atoms with Crippen molar-refractivity contribution in [2.24, 2.45) is 5.41 Å².